The van der Waals surface area contributed by atoms with Crippen LogP contribution in [0.3, 0.4) is 0 Å². The van der Waals surface area contributed by atoms with Crippen LogP contribution in [-0.4, -0.2) is 23.1 Å². The SMILES string of the molecule is Brc1cnc2c(N3CCC4CCCCC4C3)ccnc2c1. The number of nitrogens with zero attached hydrogens (tertiary/aromatic N) is 3. The van der Waals surface area contributed by atoms with Crippen LogP contribution < -0.4 is 4.90 Å². The van der Waals surface area contributed by atoms with Gasteiger partial charge in [-0.25, -0.2) is 0 Å². The summed E-state index contributed by atoms with van der Waals surface area (Å²) < 4.78 is 0.991. The second-order valence-electron chi connectivity index (χ2n) is 6.39. The highest BCUT2D eigenvalue weighted by Crippen LogP contribution is 2.38. The molecule has 2 fully saturated rings. The largest absolute Gasteiger partial charge is 0.369 e. The quantitative estimate of drug-likeness (QED) is 0.766. The van der Waals surface area contributed by atoms with Gasteiger partial charge in [-0.15, -0.1) is 0 Å². The summed E-state index contributed by atoms with van der Waals surface area (Å²) in [5.74, 6) is 1.84. The van der Waals surface area contributed by atoms with Crippen LogP contribution in [0.4, 0.5) is 5.69 Å². The van der Waals surface area contributed by atoms with E-state index in [1.807, 2.05) is 12.4 Å². The van der Waals surface area contributed by atoms with Gasteiger partial charge in [-0.3, -0.25) is 9.97 Å². The second kappa shape index (κ2) is 5.56. The third-order valence-corrected chi connectivity index (χ3v) is 5.59. The highest BCUT2D eigenvalue weighted by molar-refractivity contribution is 9.10. The monoisotopic (exact) mass is 345 g/mol. The summed E-state index contributed by atoms with van der Waals surface area (Å²) in [6, 6.07) is 4.19. The number of hydrogen-bond acceptors (Lipinski definition) is 3. The fourth-order valence-electron chi connectivity index (χ4n) is 4.07. The molecule has 2 aromatic rings. The van der Waals surface area contributed by atoms with Gasteiger partial charge in [-0.05, 0) is 52.7 Å². The molecule has 0 aromatic carbocycles. The summed E-state index contributed by atoms with van der Waals surface area (Å²) in [7, 11) is 0. The molecule has 2 unspecified atom stereocenters. The van der Waals surface area contributed by atoms with Crippen molar-refractivity contribution in [1.29, 1.82) is 0 Å². The smallest absolute Gasteiger partial charge is 0.112 e. The van der Waals surface area contributed by atoms with E-state index in [2.05, 4.69) is 42.9 Å². The maximum atomic E-state index is 4.61. The minimum Gasteiger partial charge on any atom is -0.369 e. The molecule has 1 saturated carbocycles. The van der Waals surface area contributed by atoms with Crippen molar-refractivity contribution < 1.29 is 0 Å². The van der Waals surface area contributed by atoms with E-state index in [0.29, 0.717) is 0 Å². The van der Waals surface area contributed by atoms with E-state index in [0.717, 1.165) is 33.9 Å². The van der Waals surface area contributed by atoms with Crippen molar-refractivity contribution in [2.75, 3.05) is 18.0 Å². The van der Waals surface area contributed by atoms with Gasteiger partial charge in [0.2, 0.25) is 0 Å². The number of rotatable bonds is 1. The minimum absolute atomic E-state index is 0.881. The Hall–Kier alpha value is -1.16. The van der Waals surface area contributed by atoms with Crippen LogP contribution in [0.5, 0.6) is 0 Å². The highest BCUT2D eigenvalue weighted by Gasteiger charge is 2.31. The number of piperidine rings is 1. The van der Waals surface area contributed by atoms with E-state index in [1.165, 1.54) is 44.3 Å². The Bertz CT molecular complexity index is 658. The summed E-state index contributed by atoms with van der Waals surface area (Å²) in [5.41, 5.74) is 3.28. The average Bonchev–Trinajstić information content (AvgIpc) is 2.53. The Kier molecular flexibility index (Phi) is 3.57. The third-order valence-electron chi connectivity index (χ3n) is 5.15. The topological polar surface area (TPSA) is 29.0 Å². The van der Waals surface area contributed by atoms with Crippen LogP contribution in [0.25, 0.3) is 11.0 Å². The first-order valence-electron chi connectivity index (χ1n) is 7.96. The van der Waals surface area contributed by atoms with Crippen molar-refractivity contribution in [3.63, 3.8) is 0 Å². The zero-order valence-electron chi connectivity index (χ0n) is 12.1. The lowest BCUT2D eigenvalue weighted by Crippen LogP contribution is -2.42. The maximum Gasteiger partial charge on any atom is 0.112 e. The highest BCUT2D eigenvalue weighted by atomic mass is 79.9. The number of fused-ring (bicyclic) bond motifs is 2. The summed E-state index contributed by atoms with van der Waals surface area (Å²) >= 11 is 3.48. The molecule has 2 aliphatic rings. The molecule has 0 amide bonds. The van der Waals surface area contributed by atoms with Gasteiger partial charge in [0.25, 0.3) is 0 Å². The summed E-state index contributed by atoms with van der Waals surface area (Å²) in [6.45, 7) is 2.36. The molecule has 0 spiro atoms. The van der Waals surface area contributed by atoms with Gasteiger partial charge in [0.15, 0.2) is 0 Å². The normalized spacial score (nSPS) is 25.9. The molecule has 3 heterocycles. The van der Waals surface area contributed by atoms with Crippen LogP contribution in [0.1, 0.15) is 32.1 Å². The molecule has 3 nitrogen and oxygen atoms in total. The maximum absolute atomic E-state index is 4.61. The predicted octanol–water partition coefficient (Wildman–Crippen LogP) is 4.41. The van der Waals surface area contributed by atoms with Crippen LogP contribution in [0, 0.1) is 11.8 Å². The van der Waals surface area contributed by atoms with Gasteiger partial charge in [0.05, 0.1) is 11.2 Å². The molecule has 0 radical (unpaired) electrons. The number of halogens is 1. The van der Waals surface area contributed by atoms with Crippen LogP contribution in [0.15, 0.2) is 29.0 Å². The van der Waals surface area contributed by atoms with Crippen molar-refractivity contribution in [2.45, 2.75) is 32.1 Å². The van der Waals surface area contributed by atoms with Gasteiger partial charge in [-0.1, -0.05) is 19.3 Å². The lowest BCUT2D eigenvalue weighted by molar-refractivity contribution is 0.202. The van der Waals surface area contributed by atoms with E-state index in [-0.39, 0.29) is 0 Å². The molecule has 1 aliphatic heterocycles. The zero-order valence-corrected chi connectivity index (χ0v) is 13.7. The number of pyridine rings is 2. The van der Waals surface area contributed by atoms with Crippen LogP contribution in [0.2, 0.25) is 0 Å². The van der Waals surface area contributed by atoms with Gasteiger partial charge >= 0.3 is 0 Å². The van der Waals surface area contributed by atoms with E-state index >= 15 is 0 Å². The molecule has 2 aromatic heterocycles. The van der Waals surface area contributed by atoms with Gasteiger partial charge in [-0.2, -0.15) is 0 Å². The predicted molar refractivity (Wildman–Crippen MR) is 89.5 cm³/mol. The van der Waals surface area contributed by atoms with Gasteiger partial charge < -0.3 is 4.90 Å². The van der Waals surface area contributed by atoms with Crippen LogP contribution >= 0.6 is 15.9 Å². The van der Waals surface area contributed by atoms with Gasteiger partial charge in [0.1, 0.15) is 5.52 Å². The third kappa shape index (κ3) is 2.54. The van der Waals surface area contributed by atoms with E-state index in [4.69, 9.17) is 0 Å². The molecule has 21 heavy (non-hydrogen) atoms. The summed E-state index contributed by atoms with van der Waals surface area (Å²) in [4.78, 5) is 11.6. The van der Waals surface area contributed by atoms with Crippen molar-refractivity contribution in [3.8, 4) is 0 Å². The second-order valence-corrected chi connectivity index (χ2v) is 7.31. The van der Waals surface area contributed by atoms with E-state index in [1.54, 1.807) is 0 Å². The molecule has 110 valence electrons. The summed E-state index contributed by atoms with van der Waals surface area (Å²) in [5, 5.41) is 0. The zero-order chi connectivity index (χ0) is 14.2. The molecule has 4 rings (SSSR count). The van der Waals surface area contributed by atoms with Crippen molar-refractivity contribution in [3.05, 3.63) is 29.0 Å². The molecule has 2 atom stereocenters. The Balaban J connectivity index is 1.67. The van der Waals surface area contributed by atoms with Gasteiger partial charge in [0, 0.05) is 30.0 Å². The molecule has 4 heteroatoms. The molecule has 0 N–H and O–H groups in total. The Morgan fingerprint density at radius 3 is 2.86 bits per heavy atom. The number of aromatic nitrogens is 2. The fourth-order valence-corrected chi connectivity index (χ4v) is 4.39. The van der Waals surface area contributed by atoms with Crippen molar-refractivity contribution in [1.82, 2.24) is 9.97 Å². The first-order valence-corrected chi connectivity index (χ1v) is 8.76. The molecule has 1 aliphatic carbocycles. The Morgan fingerprint density at radius 2 is 1.95 bits per heavy atom. The number of hydrogen-bond donors (Lipinski definition) is 0. The Labute approximate surface area is 133 Å². The van der Waals surface area contributed by atoms with E-state index in [9.17, 15) is 0 Å². The fraction of sp³-hybridized carbons (Fsp3) is 0.529. The lowest BCUT2D eigenvalue weighted by atomic mass is 9.75. The van der Waals surface area contributed by atoms with Crippen molar-refractivity contribution >= 4 is 32.7 Å². The Morgan fingerprint density at radius 1 is 1.10 bits per heavy atom. The summed E-state index contributed by atoms with van der Waals surface area (Å²) in [6.07, 6.45) is 10.8. The first kappa shape index (κ1) is 13.5. The molecule has 0 bridgehead atoms. The molecule has 1 saturated heterocycles. The van der Waals surface area contributed by atoms with E-state index < -0.39 is 0 Å². The van der Waals surface area contributed by atoms with Crippen LogP contribution in [-0.2, 0) is 0 Å². The first-order chi connectivity index (χ1) is 10.3. The molecular formula is C17H20BrN3. The lowest BCUT2D eigenvalue weighted by Gasteiger charge is -2.42. The average molecular weight is 346 g/mol. The standard InChI is InChI=1S/C17H20BrN3/c18-14-9-15-17(20-10-14)16(5-7-19-15)21-8-6-12-3-1-2-4-13(12)11-21/h5,7,9-10,12-13H,1-4,6,8,11H2. The molecular weight excluding hydrogens is 326 g/mol. The van der Waals surface area contributed by atoms with Crippen molar-refractivity contribution in [2.24, 2.45) is 11.8 Å². The number of anilines is 1. The minimum atomic E-state index is 0.881.